The largest absolute Gasteiger partial charge is 0.495 e. The molecule has 8 nitrogen and oxygen atoms in total. The molecule has 1 aliphatic rings. The van der Waals surface area contributed by atoms with Crippen LogP contribution >= 0.6 is 0 Å². The highest BCUT2D eigenvalue weighted by atomic mass is 16.5. The predicted octanol–water partition coefficient (Wildman–Crippen LogP) is 3.51. The average molecular weight is 483 g/mol. The van der Waals surface area contributed by atoms with Crippen LogP contribution in [0.4, 0.5) is 11.4 Å². The van der Waals surface area contributed by atoms with Gasteiger partial charge in [-0.3, -0.25) is 9.59 Å². The van der Waals surface area contributed by atoms with Crippen molar-refractivity contribution >= 4 is 23.2 Å². The van der Waals surface area contributed by atoms with Crippen molar-refractivity contribution in [2.75, 3.05) is 64.6 Å². The van der Waals surface area contributed by atoms with E-state index in [0.29, 0.717) is 47.4 Å². The summed E-state index contributed by atoms with van der Waals surface area (Å²) in [6, 6.07) is 12.6. The number of hydrogen-bond acceptors (Lipinski definition) is 6. The van der Waals surface area contributed by atoms with Gasteiger partial charge in [-0.1, -0.05) is 25.1 Å². The third-order valence-electron chi connectivity index (χ3n) is 6.62. The van der Waals surface area contributed by atoms with Crippen LogP contribution in [0.5, 0.6) is 11.5 Å². The van der Waals surface area contributed by atoms with Crippen molar-refractivity contribution < 1.29 is 19.1 Å². The van der Waals surface area contributed by atoms with Gasteiger partial charge in [-0.05, 0) is 50.1 Å². The molecule has 0 radical (unpaired) electrons. The standard InChI is InChI=1S/C27H38N4O4/c1-20(12-13-25(32)31-17-15-29(2)16-18-31)14-19-35-23-10-6-5-9-22(23)30(3)27(33)21-8-7-11-24(34-4)26(21)28/h5-11,20H,12-19,28H2,1-4H3. The van der Waals surface area contributed by atoms with Gasteiger partial charge in [-0.25, -0.2) is 0 Å². The van der Waals surface area contributed by atoms with E-state index in [1.54, 1.807) is 30.1 Å². The van der Waals surface area contributed by atoms with Gasteiger partial charge >= 0.3 is 0 Å². The Balaban J connectivity index is 1.53. The molecule has 1 aliphatic heterocycles. The topological polar surface area (TPSA) is 88.3 Å². The van der Waals surface area contributed by atoms with Gasteiger partial charge in [0.2, 0.25) is 5.91 Å². The molecule has 1 saturated heterocycles. The summed E-state index contributed by atoms with van der Waals surface area (Å²) in [5, 5.41) is 0. The number of ether oxygens (including phenoxy) is 2. The van der Waals surface area contributed by atoms with Crippen molar-refractivity contribution in [3.63, 3.8) is 0 Å². The zero-order valence-corrected chi connectivity index (χ0v) is 21.3. The number of carbonyl (C=O) groups is 2. The number of benzene rings is 2. The van der Waals surface area contributed by atoms with Crippen molar-refractivity contribution in [2.45, 2.75) is 26.2 Å². The zero-order chi connectivity index (χ0) is 25.4. The Morgan fingerprint density at radius 1 is 1.03 bits per heavy atom. The summed E-state index contributed by atoms with van der Waals surface area (Å²) >= 11 is 0. The van der Waals surface area contributed by atoms with Crippen LogP contribution in [0.25, 0.3) is 0 Å². The molecule has 0 bridgehead atoms. The second-order valence-corrected chi connectivity index (χ2v) is 9.22. The van der Waals surface area contributed by atoms with Crippen molar-refractivity contribution in [3.05, 3.63) is 48.0 Å². The Morgan fingerprint density at radius 2 is 1.71 bits per heavy atom. The number of amides is 2. The number of nitrogens with zero attached hydrogens (tertiary/aromatic N) is 3. The zero-order valence-electron chi connectivity index (χ0n) is 21.3. The second-order valence-electron chi connectivity index (χ2n) is 9.22. The summed E-state index contributed by atoms with van der Waals surface area (Å²) in [7, 11) is 5.32. The summed E-state index contributed by atoms with van der Waals surface area (Å²) in [4.78, 5) is 31.4. The number of nitrogen functional groups attached to an aromatic ring is 1. The van der Waals surface area contributed by atoms with Crippen LogP contribution in [0, 0.1) is 5.92 Å². The Kier molecular flexibility index (Phi) is 9.37. The van der Waals surface area contributed by atoms with E-state index >= 15 is 0 Å². The molecule has 1 atom stereocenters. The maximum atomic E-state index is 13.2. The number of nitrogens with two attached hydrogens (primary N) is 1. The molecular weight excluding hydrogens is 444 g/mol. The number of methoxy groups -OCH3 is 1. The van der Waals surface area contributed by atoms with Crippen LogP contribution in [0.2, 0.25) is 0 Å². The third-order valence-corrected chi connectivity index (χ3v) is 6.62. The molecule has 3 rings (SSSR count). The van der Waals surface area contributed by atoms with Gasteiger partial charge in [0.05, 0.1) is 30.7 Å². The quantitative estimate of drug-likeness (QED) is 0.522. The molecule has 0 aliphatic carbocycles. The molecule has 35 heavy (non-hydrogen) atoms. The highest BCUT2D eigenvalue weighted by Gasteiger charge is 2.21. The van der Waals surface area contributed by atoms with E-state index in [2.05, 4.69) is 18.9 Å². The molecule has 2 aromatic carbocycles. The lowest BCUT2D eigenvalue weighted by Crippen LogP contribution is -2.47. The molecule has 0 spiro atoms. The first-order valence-electron chi connectivity index (χ1n) is 12.2. The van der Waals surface area contributed by atoms with Crippen molar-refractivity contribution in [3.8, 4) is 11.5 Å². The minimum absolute atomic E-state index is 0.242. The fraction of sp³-hybridized carbons (Fsp3) is 0.481. The first kappa shape index (κ1) is 26.3. The minimum atomic E-state index is -0.242. The molecule has 8 heteroatoms. The maximum absolute atomic E-state index is 13.2. The molecule has 1 unspecified atom stereocenters. The van der Waals surface area contributed by atoms with E-state index in [4.69, 9.17) is 15.2 Å². The number of para-hydroxylation sites is 3. The van der Waals surface area contributed by atoms with Crippen LogP contribution < -0.4 is 20.1 Å². The Hall–Kier alpha value is -3.26. The lowest BCUT2D eigenvalue weighted by Gasteiger charge is -2.32. The monoisotopic (exact) mass is 482 g/mol. The molecule has 2 amide bonds. The molecule has 190 valence electrons. The van der Waals surface area contributed by atoms with E-state index < -0.39 is 0 Å². The molecule has 2 aromatic rings. The van der Waals surface area contributed by atoms with Gasteiger partial charge in [0, 0.05) is 39.6 Å². The first-order chi connectivity index (χ1) is 16.8. The van der Waals surface area contributed by atoms with E-state index in [0.717, 1.165) is 39.0 Å². The number of carbonyl (C=O) groups excluding carboxylic acids is 2. The summed E-state index contributed by atoms with van der Waals surface area (Å²) in [5.74, 6) is 1.45. The molecule has 2 N–H and O–H groups in total. The summed E-state index contributed by atoms with van der Waals surface area (Å²) in [6.07, 6.45) is 2.23. The number of hydrogen-bond donors (Lipinski definition) is 1. The van der Waals surface area contributed by atoms with Gasteiger partial charge in [0.25, 0.3) is 5.91 Å². The number of piperazine rings is 1. The van der Waals surface area contributed by atoms with Gasteiger partial charge < -0.3 is 29.9 Å². The molecule has 0 saturated carbocycles. The summed E-state index contributed by atoms with van der Waals surface area (Å²) in [5.41, 5.74) is 7.48. The Morgan fingerprint density at radius 3 is 2.43 bits per heavy atom. The van der Waals surface area contributed by atoms with Crippen LogP contribution in [-0.4, -0.2) is 75.6 Å². The minimum Gasteiger partial charge on any atom is -0.495 e. The molecule has 1 heterocycles. The third kappa shape index (κ3) is 6.88. The van der Waals surface area contributed by atoms with Crippen molar-refractivity contribution in [1.82, 2.24) is 9.80 Å². The lowest BCUT2D eigenvalue weighted by atomic mass is 10.0. The predicted molar refractivity (Wildman–Crippen MR) is 139 cm³/mol. The van der Waals surface area contributed by atoms with Gasteiger partial charge in [-0.15, -0.1) is 0 Å². The van der Waals surface area contributed by atoms with Crippen LogP contribution in [0.3, 0.4) is 0 Å². The van der Waals surface area contributed by atoms with E-state index in [1.165, 1.54) is 7.11 Å². The average Bonchev–Trinajstić information content (AvgIpc) is 2.87. The highest BCUT2D eigenvalue weighted by molar-refractivity contribution is 6.10. The fourth-order valence-corrected chi connectivity index (χ4v) is 4.15. The van der Waals surface area contributed by atoms with E-state index in [1.807, 2.05) is 29.2 Å². The SMILES string of the molecule is COc1cccc(C(=O)N(C)c2ccccc2OCCC(C)CCC(=O)N2CCN(C)CC2)c1N. The Labute approximate surface area is 208 Å². The van der Waals surface area contributed by atoms with Crippen molar-refractivity contribution in [1.29, 1.82) is 0 Å². The summed E-state index contributed by atoms with van der Waals surface area (Å²) in [6.45, 7) is 6.16. The van der Waals surface area contributed by atoms with E-state index in [-0.39, 0.29) is 11.8 Å². The molecule has 0 aromatic heterocycles. The lowest BCUT2D eigenvalue weighted by molar-refractivity contribution is -0.133. The Bertz CT molecular complexity index is 1000. The van der Waals surface area contributed by atoms with Gasteiger partial charge in [0.15, 0.2) is 0 Å². The van der Waals surface area contributed by atoms with Gasteiger partial charge in [-0.2, -0.15) is 0 Å². The second kappa shape index (κ2) is 12.4. The molecule has 1 fully saturated rings. The number of rotatable bonds is 10. The van der Waals surface area contributed by atoms with Crippen molar-refractivity contribution in [2.24, 2.45) is 5.92 Å². The summed E-state index contributed by atoms with van der Waals surface area (Å²) < 4.78 is 11.3. The number of likely N-dealkylation sites (N-methyl/N-ethyl adjacent to an activating group) is 1. The number of anilines is 2. The smallest absolute Gasteiger partial charge is 0.260 e. The fourth-order valence-electron chi connectivity index (χ4n) is 4.15. The maximum Gasteiger partial charge on any atom is 0.260 e. The normalized spacial score (nSPS) is 14.9. The highest BCUT2D eigenvalue weighted by Crippen LogP contribution is 2.31. The van der Waals surface area contributed by atoms with Gasteiger partial charge in [0.1, 0.15) is 11.5 Å². The first-order valence-corrected chi connectivity index (χ1v) is 12.2. The van der Waals surface area contributed by atoms with Crippen LogP contribution in [-0.2, 0) is 4.79 Å². The van der Waals surface area contributed by atoms with Crippen LogP contribution in [0.15, 0.2) is 42.5 Å². The van der Waals surface area contributed by atoms with E-state index in [9.17, 15) is 9.59 Å². The van der Waals surface area contributed by atoms with Crippen LogP contribution in [0.1, 0.15) is 36.5 Å². The molecular formula is C27H38N4O4.